The van der Waals surface area contributed by atoms with Gasteiger partial charge in [0.25, 0.3) is 0 Å². The molecule has 3 nitrogen and oxygen atoms in total. The van der Waals surface area contributed by atoms with Crippen LogP contribution in [-0.2, 0) is 13.0 Å². The largest absolute Gasteiger partial charge is 0.375 e. The smallest absolute Gasteiger partial charge is 0.180 e. The van der Waals surface area contributed by atoms with E-state index in [1.54, 1.807) is 12.3 Å². The lowest BCUT2D eigenvalue weighted by Gasteiger charge is -2.30. The minimum absolute atomic E-state index is 0.176. The first-order valence-corrected chi connectivity index (χ1v) is 6.77. The lowest BCUT2D eigenvalue weighted by atomic mass is 10.0. The summed E-state index contributed by atoms with van der Waals surface area (Å²) < 4.78 is 13.4. The molecule has 0 fully saturated rings. The van der Waals surface area contributed by atoms with Crippen molar-refractivity contribution < 1.29 is 4.39 Å². The minimum Gasteiger partial charge on any atom is -0.375 e. The van der Waals surface area contributed by atoms with Crippen molar-refractivity contribution in [3.05, 3.63) is 40.7 Å². The number of anilines is 2. The summed E-state index contributed by atoms with van der Waals surface area (Å²) in [5, 5.41) is 0.585. The Morgan fingerprint density at radius 1 is 1.44 bits per heavy atom. The summed E-state index contributed by atoms with van der Waals surface area (Å²) in [6.07, 6.45) is 3.93. The van der Waals surface area contributed by atoms with Gasteiger partial charge in [-0.1, -0.05) is 6.07 Å². The summed E-state index contributed by atoms with van der Waals surface area (Å²) in [4.78, 5) is 7.37. The fraction of sp³-hybridized carbons (Fsp3) is 0.308. The van der Waals surface area contributed by atoms with Crippen molar-refractivity contribution in [2.24, 2.45) is 0 Å². The average Bonchev–Trinajstić information content (AvgIpc) is 2.76. The van der Waals surface area contributed by atoms with E-state index in [1.165, 1.54) is 23.0 Å². The van der Waals surface area contributed by atoms with Crippen LogP contribution in [0.3, 0.4) is 0 Å². The van der Waals surface area contributed by atoms with Gasteiger partial charge < -0.3 is 10.6 Å². The van der Waals surface area contributed by atoms with Crippen LogP contribution in [0.2, 0.25) is 0 Å². The summed E-state index contributed by atoms with van der Waals surface area (Å²) in [5.74, 6) is -0.176. The maximum Gasteiger partial charge on any atom is 0.180 e. The summed E-state index contributed by atoms with van der Waals surface area (Å²) in [6.45, 7) is 1.71. The molecular formula is C13H14FN3S. The van der Waals surface area contributed by atoms with Gasteiger partial charge in [-0.05, 0) is 30.5 Å². The maximum absolute atomic E-state index is 13.4. The summed E-state index contributed by atoms with van der Waals surface area (Å²) in [7, 11) is 0. The zero-order chi connectivity index (χ0) is 12.5. The Bertz CT molecular complexity index is 567. The van der Waals surface area contributed by atoms with Gasteiger partial charge in [-0.25, -0.2) is 9.37 Å². The molecule has 0 aliphatic carbocycles. The fourth-order valence-corrected chi connectivity index (χ4v) is 3.07. The van der Waals surface area contributed by atoms with Crippen molar-refractivity contribution >= 4 is 22.2 Å². The molecule has 1 aliphatic heterocycles. The highest BCUT2D eigenvalue weighted by Gasteiger charge is 2.18. The van der Waals surface area contributed by atoms with Gasteiger partial charge in [0.1, 0.15) is 5.82 Å². The number of rotatable bonds is 2. The molecule has 94 valence electrons. The SMILES string of the molecule is Nc1ncc(CN2CCCc3ccc(F)cc32)s1. The number of halogens is 1. The Labute approximate surface area is 109 Å². The van der Waals surface area contributed by atoms with E-state index in [1.807, 2.05) is 6.07 Å². The van der Waals surface area contributed by atoms with Crippen LogP contribution in [-0.4, -0.2) is 11.5 Å². The highest BCUT2D eigenvalue weighted by Crippen LogP contribution is 2.30. The van der Waals surface area contributed by atoms with Gasteiger partial charge in [0, 0.05) is 23.3 Å². The molecule has 0 radical (unpaired) electrons. The Morgan fingerprint density at radius 2 is 2.33 bits per heavy atom. The number of aromatic nitrogens is 1. The minimum atomic E-state index is -0.176. The molecule has 0 saturated heterocycles. The third kappa shape index (κ3) is 2.18. The van der Waals surface area contributed by atoms with Crippen LogP contribution in [0.5, 0.6) is 0 Å². The van der Waals surface area contributed by atoms with E-state index in [0.717, 1.165) is 36.5 Å². The Hall–Kier alpha value is -1.62. The summed E-state index contributed by atoms with van der Waals surface area (Å²) >= 11 is 1.49. The van der Waals surface area contributed by atoms with Gasteiger partial charge in [0.2, 0.25) is 0 Å². The molecule has 0 saturated carbocycles. The number of hydrogen-bond acceptors (Lipinski definition) is 4. The molecule has 2 aromatic rings. The lowest BCUT2D eigenvalue weighted by Crippen LogP contribution is -2.28. The molecular weight excluding hydrogens is 249 g/mol. The van der Waals surface area contributed by atoms with E-state index in [-0.39, 0.29) is 5.82 Å². The first-order chi connectivity index (χ1) is 8.72. The average molecular weight is 263 g/mol. The fourth-order valence-electron chi connectivity index (χ4n) is 2.37. The molecule has 0 unspecified atom stereocenters. The van der Waals surface area contributed by atoms with Gasteiger partial charge in [-0.15, -0.1) is 11.3 Å². The molecule has 18 heavy (non-hydrogen) atoms. The van der Waals surface area contributed by atoms with Crippen LogP contribution in [0.4, 0.5) is 15.2 Å². The second-order valence-electron chi connectivity index (χ2n) is 4.46. The second kappa shape index (κ2) is 4.57. The molecule has 1 aliphatic rings. The molecule has 0 spiro atoms. The van der Waals surface area contributed by atoms with Crippen molar-refractivity contribution in [3.8, 4) is 0 Å². The maximum atomic E-state index is 13.4. The Kier molecular flexibility index (Phi) is 2.91. The van der Waals surface area contributed by atoms with E-state index >= 15 is 0 Å². The van der Waals surface area contributed by atoms with Crippen LogP contribution in [0.15, 0.2) is 24.4 Å². The number of benzene rings is 1. The van der Waals surface area contributed by atoms with Crippen LogP contribution < -0.4 is 10.6 Å². The molecule has 2 heterocycles. The number of aryl methyl sites for hydroxylation is 1. The van der Waals surface area contributed by atoms with E-state index in [4.69, 9.17) is 5.73 Å². The van der Waals surface area contributed by atoms with Crippen LogP contribution in [0.1, 0.15) is 16.9 Å². The quantitative estimate of drug-likeness (QED) is 0.906. The number of fused-ring (bicyclic) bond motifs is 1. The number of thiazole rings is 1. The molecule has 1 aromatic carbocycles. The predicted molar refractivity (Wildman–Crippen MR) is 72.3 cm³/mol. The number of nitrogen functional groups attached to an aromatic ring is 1. The zero-order valence-electron chi connectivity index (χ0n) is 9.90. The third-order valence-electron chi connectivity index (χ3n) is 3.18. The number of nitrogens with zero attached hydrogens (tertiary/aromatic N) is 2. The Morgan fingerprint density at radius 3 is 3.11 bits per heavy atom. The molecule has 1 aromatic heterocycles. The van der Waals surface area contributed by atoms with Crippen LogP contribution >= 0.6 is 11.3 Å². The molecule has 2 N–H and O–H groups in total. The second-order valence-corrected chi connectivity index (χ2v) is 5.61. The van der Waals surface area contributed by atoms with Gasteiger partial charge in [-0.3, -0.25) is 0 Å². The third-order valence-corrected chi connectivity index (χ3v) is 3.99. The van der Waals surface area contributed by atoms with Gasteiger partial charge >= 0.3 is 0 Å². The van der Waals surface area contributed by atoms with Crippen molar-refractivity contribution in [1.82, 2.24) is 4.98 Å². The predicted octanol–water partition coefficient (Wildman–Crippen LogP) is 2.82. The number of nitrogens with two attached hydrogens (primary N) is 1. The number of hydrogen-bond donors (Lipinski definition) is 1. The molecule has 0 amide bonds. The van der Waals surface area contributed by atoms with Crippen LogP contribution in [0.25, 0.3) is 0 Å². The highest BCUT2D eigenvalue weighted by molar-refractivity contribution is 7.15. The van der Waals surface area contributed by atoms with Crippen molar-refractivity contribution in [2.75, 3.05) is 17.2 Å². The van der Waals surface area contributed by atoms with Gasteiger partial charge in [0.05, 0.1) is 6.54 Å². The normalized spacial score (nSPS) is 14.6. The first-order valence-electron chi connectivity index (χ1n) is 5.96. The topological polar surface area (TPSA) is 42.1 Å². The summed E-state index contributed by atoms with van der Waals surface area (Å²) in [5.41, 5.74) is 7.86. The van der Waals surface area contributed by atoms with Crippen LogP contribution in [0, 0.1) is 5.82 Å². The van der Waals surface area contributed by atoms with E-state index in [9.17, 15) is 4.39 Å². The highest BCUT2D eigenvalue weighted by atomic mass is 32.1. The zero-order valence-corrected chi connectivity index (χ0v) is 10.7. The molecule has 5 heteroatoms. The first kappa shape index (κ1) is 11.5. The van der Waals surface area contributed by atoms with Gasteiger partial charge in [-0.2, -0.15) is 0 Å². The standard InChI is InChI=1S/C13H14FN3S/c14-10-4-3-9-2-1-5-17(12(9)6-10)8-11-7-16-13(15)18-11/h3-4,6-7H,1-2,5,8H2,(H2,15,16). The van der Waals surface area contributed by atoms with Gasteiger partial charge in [0.15, 0.2) is 5.13 Å². The monoisotopic (exact) mass is 263 g/mol. The van der Waals surface area contributed by atoms with E-state index in [0.29, 0.717) is 5.13 Å². The summed E-state index contributed by atoms with van der Waals surface area (Å²) in [6, 6.07) is 5.05. The Balaban J connectivity index is 1.88. The van der Waals surface area contributed by atoms with Crippen molar-refractivity contribution in [2.45, 2.75) is 19.4 Å². The van der Waals surface area contributed by atoms with E-state index < -0.39 is 0 Å². The molecule has 3 rings (SSSR count). The van der Waals surface area contributed by atoms with Crippen molar-refractivity contribution in [3.63, 3.8) is 0 Å². The molecule has 0 bridgehead atoms. The van der Waals surface area contributed by atoms with Crippen molar-refractivity contribution in [1.29, 1.82) is 0 Å². The molecule has 0 atom stereocenters. The van der Waals surface area contributed by atoms with E-state index in [2.05, 4.69) is 9.88 Å². The lowest BCUT2D eigenvalue weighted by molar-refractivity contribution is 0.619.